The first-order chi connectivity index (χ1) is 7.61. The van der Waals surface area contributed by atoms with Crippen molar-refractivity contribution in [3.8, 4) is 0 Å². The Morgan fingerprint density at radius 1 is 1.25 bits per heavy atom. The molecule has 16 heavy (non-hydrogen) atoms. The van der Waals surface area contributed by atoms with E-state index < -0.39 is 5.60 Å². The molecule has 3 fully saturated rings. The van der Waals surface area contributed by atoms with Gasteiger partial charge in [0.2, 0.25) is 0 Å². The van der Waals surface area contributed by atoms with Crippen LogP contribution < -0.4 is 0 Å². The third-order valence-electron chi connectivity index (χ3n) is 5.35. The molecule has 3 aliphatic rings. The zero-order valence-corrected chi connectivity index (χ0v) is 10.2. The van der Waals surface area contributed by atoms with E-state index in [0.29, 0.717) is 5.92 Å². The molecular formula is C13H23NO2. The average molecular weight is 225 g/mol. The number of aliphatic hydroxyl groups is 2. The van der Waals surface area contributed by atoms with Crippen LogP contribution in [-0.4, -0.2) is 46.5 Å². The largest absolute Gasteiger partial charge is 0.396 e. The highest BCUT2D eigenvalue weighted by Crippen LogP contribution is 2.61. The Bertz CT molecular complexity index is 278. The topological polar surface area (TPSA) is 43.7 Å². The van der Waals surface area contributed by atoms with Crippen molar-refractivity contribution in [2.75, 3.05) is 19.7 Å². The summed E-state index contributed by atoms with van der Waals surface area (Å²) >= 11 is 0. The van der Waals surface area contributed by atoms with E-state index in [1.165, 1.54) is 12.8 Å². The number of likely N-dealkylation sites (tertiary alicyclic amines) is 1. The van der Waals surface area contributed by atoms with Crippen LogP contribution in [0.15, 0.2) is 0 Å². The smallest absolute Gasteiger partial charge is 0.0752 e. The Morgan fingerprint density at radius 3 is 2.19 bits per heavy atom. The van der Waals surface area contributed by atoms with Crippen LogP contribution in [-0.2, 0) is 0 Å². The molecule has 2 saturated carbocycles. The van der Waals surface area contributed by atoms with Crippen molar-refractivity contribution < 1.29 is 10.2 Å². The summed E-state index contributed by atoms with van der Waals surface area (Å²) in [5, 5.41) is 20.3. The van der Waals surface area contributed by atoms with Crippen LogP contribution in [0, 0.1) is 11.3 Å². The van der Waals surface area contributed by atoms with Gasteiger partial charge in [-0.2, -0.15) is 0 Å². The molecule has 2 atom stereocenters. The van der Waals surface area contributed by atoms with Crippen LogP contribution >= 0.6 is 0 Å². The second kappa shape index (κ2) is 3.44. The highest BCUT2D eigenvalue weighted by molar-refractivity contribution is 5.14. The maximum absolute atomic E-state index is 10.8. The molecule has 0 radical (unpaired) electrons. The van der Waals surface area contributed by atoms with Crippen LogP contribution in [0.25, 0.3) is 0 Å². The lowest BCUT2D eigenvalue weighted by molar-refractivity contribution is -0.101. The summed E-state index contributed by atoms with van der Waals surface area (Å²) in [6.45, 7) is 4.36. The van der Waals surface area contributed by atoms with Gasteiger partial charge < -0.3 is 15.1 Å². The molecule has 1 saturated heterocycles. The molecule has 2 unspecified atom stereocenters. The number of piperidine rings is 1. The molecule has 0 amide bonds. The summed E-state index contributed by atoms with van der Waals surface area (Å²) in [6, 6.07) is 0.811. The van der Waals surface area contributed by atoms with Gasteiger partial charge in [0, 0.05) is 24.5 Å². The quantitative estimate of drug-likeness (QED) is 0.753. The summed E-state index contributed by atoms with van der Waals surface area (Å²) in [5.41, 5.74) is -0.755. The maximum Gasteiger partial charge on any atom is 0.0752 e. The van der Waals surface area contributed by atoms with Crippen LogP contribution in [0.2, 0.25) is 0 Å². The molecule has 3 heteroatoms. The van der Waals surface area contributed by atoms with Gasteiger partial charge in [-0.25, -0.2) is 0 Å². The normalized spacial score (nSPS) is 43.3. The first kappa shape index (κ1) is 11.0. The molecule has 2 aliphatic carbocycles. The summed E-state index contributed by atoms with van der Waals surface area (Å²) in [6.07, 6.45) is 5.41. The summed E-state index contributed by atoms with van der Waals surface area (Å²) in [4.78, 5) is 2.52. The Morgan fingerprint density at radius 2 is 1.81 bits per heavy atom. The van der Waals surface area contributed by atoms with E-state index in [1.54, 1.807) is 0 Å². The molecule has 0 aromatic carbocycles. The van der Waals surface area contributed by atoms with Gasteiger partial charge in [-0.1, -0.05) is 6.92 Å². The van der Waals surface area contributed by atoms with Crippen molar-refractivity contribution in [2.24, 2.45) is 11.3 Å². The lowest BCUT2D eigenvalue weighted by Crippen LogP contribution is -2.52. The maximum atomic E-state index is 10.8. The first-order valence-corrected chi connectivity index (χ1v) is 6.69. The summed E-state index contributed by atoms with van der Waals surface area (Å²) in [7, 11) is 0. The number of aliphatic hydroxyl groups excluding tert-OH is 1. The predicted octanol–water partition coefficient (Wildman–Crippen LogP) is 0.994. The molecule has 1 aliphatic heterocycles. The molecular weight excluding hydrogens is 202 g/mol. The highest BCUT2D eigenvalue weighted by atomic mass is 16.3. The van der Waals surface area contributed by atoms with Crippen molar-refractivity contribution in [1.29, 1.82) is 0 Å². The Labute approximate surface area is 97.4 Å². The van der Waals surface area contributed by atoms with E-state index in [-0.39, 0.29) is 12.0 Å². The van der Waals surface area contributed by atoms with Crippen LogP contribution in [0.1, 0.15) is 39.0 Å². The van der Waals surface area contributed by atoms with Crippen LogP contribution in [0.4, 0.5) is 0 Å². The number of rotatable bonds is 3. The third kappa shape index (κ3) is 1.45. The fourth-order valence-electron chi connectivity index (χ4n) is 3.70. The number of hydrogen-bond donors (Lipinski definition) is 2. The fraction of sp³-hybridized carbons (Fsp3) is 1.00. The second-order valence-corrected chi connectivity index (χ2v) is 6.22. The average Bonchev–Trinajstić information content (AvgIpc) is 3.14. The lowest BCUT2D eigenvalue weighted by Gasteiger charge is -2.43. The van der Waals surface area contributed by atoms with Crippen molar-refractivity contribution in [1.82, 2.24) is 4.90 Å². The Balaban J connectivity index is 1.66. The number of hydrogen-bond acceptors (Lipinski definition) is 3. The van der Waals surface area contributed by atoms with Gasteiger partial charge in [0.05, 0.1) is 12.2 Å². The van der Waals surface area contributed by atoms with Crippen molar-refractivity contribution >= 4 is 0 Å². The standard InChI is InChI=1S/C13H23NO2/c1-10-8-12(10,9-15)13(16)4-6-14(7-5-13)11-2-3-11/h10-11,15-16H,2-9H2,1H3. The molecule has 2 N–H and O–H groups in total. The third-order valence-corrected chi connectivity index (χ3v) is 5.35. The van der Waals surface area contributed by atoms with E-state index in [9.17, 15) is 10.2 Å². The Hall–Kier alpha value is -0.120. The second-order valence-electron chi connectivity index (χ2n) is 6.22. The van der Waals surface area contributed by atoms with Crippen molar-refractivity contribution in [2.45, 2.75) is 50.7 Å². The SMILES string of the molecule is CC1CC1(CO)C1(O)CCN(C2CC2)CC1. The molecule has 0 bridgehead atoms. The molecule has 92 valence electrons. The minimum Gasteiger partial charge on any atom is -0.396 e. The van der Waals surface area contributed by atoms with E-state index >= 15 is 0 Å². The summed E-state index contributed by atoms with van der Waals surface area (Å²) < 4.78 is 0. The highest BCUT2D eigenvalue weighted by Gasteiger charge is 2.64. The van der Waals surface area contributed by atoms with Gasteiger partial charge in [-0.3, -0.25) is 0 Å². The van der Waals surface area contributed by atoms with Crippen LogP contribution in [0.3, 0.4) is 0 Å². The van der Waals surface area contributed by atoms with Gasteiger partial charge in [-0.15, -0.1) is 0 Å². The zero-order chi connectivity index (χ0) is 11.4. The van der Waals surface area contributed by atoms with Gasteiger partial charge in [0.1, 0.15) is 0 Å². The molecule has 1 heterocycles. The van der Waals surface area contributed by atoms with Gasteiger partial charge in [0.15, 0.2) is 0 Å². The summed E-state index contributed by atoms with van der Waals surface area (Å²) in [5.74, 6) is 0.495. The molecule has 3 nitrogen and oxygen atoms in total. The minimum atomic E-state index is -0.591. The molecule has 0 aromatic rings. The molecule has 0 spiro atoms. The monoisotopic (exact) mass is 225 g/mol. The minimum absolute atomic E-state index is 0.161. The van der Waals surface area contributed by atoms with Crippen LogP contribution in [0.5, 0.6) is 0 Å². The van der Waals surface area contributed by atoms with E-state index in [2.05, 4.69) is 11.8 Å². The lowest BCUT2D eigenvalue weighted by atomic mass is 9.76. The van der Waals surface area contributed by atoms with E-state index in [1.807, 2.05) is 0 Å². The van der Waals surface area contributed by atoms with E-state index in [4.69, 9.17) is 0 Å². The van der Waals surface area contributed by atoms with Crippen molar-refractivity contribution in [3.63, 3.8) is 0 Å². The molecule has 0 aromatic heterocycles. The molecule has 3 rings (SSSR count). The fourth-order valence-corrected chi connectivity index (χ4v) is 3.70. The van der Waals surface area contributed by atoms with E-state index in [0.717, 1.165) is 38.4 Å². The first-order valence-electron chi connectivity index (χ1n) is 6.69. The Kier molecular flexibility index (Phi) is 2.36. The number of nitrogens with zero attached hydrogens (tertiary/aromatic N) is 1. The van der Waals surface area contributed by atoms with Gasteiger partial charge in [0.25, 0.3) is 0 Å². The van der Waals surface area contributed by atoms with Crippen molar-refractivity contribution in [3.05, 3.63) is 0 Å². The predicted molar refractivity (Wildman–Crippen MR) is 62.1 cm³/mol. The van der Waals surface area contributed by atoms with Gasteiger partial charge in [-0.05, 0) is 38.0 Å². The zero-order valence-electron chi connectivity index (χ0n) is 10.2. The van der Waals surface area contributed by atoms with Gasteiger partial charge >= 0.3 is 0 Å².